The molecule has 2 N–H and O–H groups in total. The summed E-state index contributed by atoms with van der Waals surface area (Å²) in [5.74, 6) is 0.0559. The molecule has 1 fully saturated rings. The summed E-state index contributed by atoms with van der Waals surface area (Å²) in [6.07, 6.45) is 0. The van der Waals surface area contributed by atoms with Crippen LogP contribution >= 0.6 is 0 Å². The van der Waals surface area contributed by atoms with Crippen LogP contribution in [0.3, 0.4) is 0 Å². The quantitative estimate of drug-likeness (QED) is 0.662. The largest absolute Gasteiger partial charge is 0.372 e. The Bertz CT molecular complexity index is 211. The molecule has 1 atom stereocenters. The van der Waals surface area contributed by atoms with Crippen molar-refractivity contribution in [2.45, 2.75) is 13.0 Å². The molecule has 88 valence electrons. The average molecular weight is 215 g/mol. The third-order valence-corrected chi connectivity index (χ3v) is 2.71. The number of amides is 1. The highest BCUT2D eigenvalue weighted by Gasteiger charge is 2.27. The molecule has 1 aliphatic heterocycles. The van der Waals surface area contributed by atoms with E-state index in [2.05, 4.69) is 4.90 Å². The van der Waals surface area contributed by atoms with E-state index < -0.39 is 0 Å². The molecular weight excluding hydrogens is 194 g/mol. The Morgan fingerprint density at radius 3 is 2.87 bits per heavy atom. The lowest BCUT2D eigenvalue weighted by atomic mass is 10.1. The third kappa shape index (κ3) is 3.44. The van der Waals surface area contributed by atoms with Crippen LogP contribution in [0.25, 0.3) is 0 Å². The number of piperazine rings is 1. The van der Waals surface area contributed by atoms with E-state index in [1.807, 2.05) is 18.9 Å². The van der Waals surface area contributed by atoms with Gasteiger partial charge in [-0.1, -0.05) is 0 Å². The van der Waals surface area contributed by atoms with Gasteiger partial charge < -0.3 is 20.3 Å². The van der Waals surface area contributed by atoms with Gasteiger partial charge >= 0.3 is 0 Å². The predicted molar refractivity (Wildman–Crippen MR) is 58.5 cm³/mol. The Balaban J connectivity index is 2.47. The van der Waals surface area contributed by atoms with E-state index in [-0.39, 0.29) is 18.6 Å². The van der Waals surface area contributed by atoms with Gasteiger partial charge in [0.15, 0.2) is 0 Å². The van der Waals surface area contributed by atoms with Crippen molar-refractivity contribution in [2.75, 3.05) is 46.4 Å². The second-order valence-electron chi connectivity index (χ2n) is 3.88. The number of likely N-dealkylation sites (N-methyl/N-ethyl adjacent to an activating group) is 1. The SMILES string of the molecule is CCOCC(=O)N1CCN(C)CC1CN. The highest BCUT2D eigenvalue weighted by atomic mass is 16.5. The summed E-state index contributed by atoms with van der Waals surface area (Å²) in [6, 6.07) is 0.136. The van der Waals surface area contributed by atoms with E-state index in [0.717, 1.165) is 19.6 Å². The summed E-state index contributed by atoms with van der Waals surface area (Å²) in [7, 11) is 2.05. The van der Waals surface area contributed by atoms with E-state index >= 15 is 0 Å². The Labute approximate surface area is 91.2 Å². The topological polar surface area (TPSA) is 58.8 Å². The smallest absolute Gasteiger partial charge is 0.248 e. The van der Waals surface area contributed by atoms with E-state index in [0.29, 0.717) is 13.2 Å². The monoisotopic (exact) mass is 215 g/mol. The van der Waals surface area contributed by atoms with E-state index in [1.165, 1.54) is 0 Å². The van der Waals surface area contributed by atoms with Gasteiger partial charge in [0.05, 0.1) is 6.04 Å². The van der Waals surface area contributed by atoms with Crippen molar-refractivity contribution in [1.29, 1.82) is 0 Å². The molecule has 1 aliphatic rings. The van der Waals surface area contributed by atoms with Crippen LogP contribution in [0.2, 0.25) is 0 Å². The summed E-state index contributed by atoms with van der Waals surface area (Å²) in [5, 5.41) is 0. The van der Waals surface area contributed by atoms with Crippen molar-refractivity contribution >= 4 is 5.91 Å². The molecule has 1 unspecified atom stereocenters. The molecular formula is C10H21N3O2. The van der Waals surface area contributed by atoms with Crippen molar-refractivity contribution < 1.29 is 9.53 Å². The number of nitrogens with two attached hydrogens (primary N) is 1. The van der Waals surface area contributed by atoms with Crippen LogP contribution in [-0.2, 0) is 9.53 Å². The number of carbonyl (C=O) groups is 1. The molecule has 15 heavy (non-hydrogen) atoms. The molecule has 0 bridgehead atoms. The second-order valence-corrected chi connectivity index (χ2v) is 3.88. The molecule has 1 heterocycles. The molecule has 0 saturated carbocycles. The normalized spacial score (nSPS) is 23.1. The van der Waals surface area contributed by atoms with Gasteiger partial charge in [-0.05, 0) is 14.0 Å². The maximum atomic E-state index is 11.8. The molecule has 1 amide bonds. The van der Waals surface area contributed by atoms with Crippen LogP contribution in [0.5, 0.6) is 0 Å². The minimum atomic E-state index is 0.0559. The zero-order chi connectivity index (χ0) is 11.3. The Morgan fingerprint density at radius 2 is 2.27 bits per heavy atom. The second kappa shape index (κ2) is 6.05. The zero-order valence-electron chi connectivity index (χ0n) is 9.61. The van der Waals surface area contributed by atoms with Crippen LogP contribution in [0.1, 0.15) is 6.92 Å². The molecule has 0 aliphatic carbocycles. The van der Waals surface area contributed by atoms with Gasteiger partial charge in [0, 0.05) is 32.8 Å². The lowest BCUT2D eigenvalue weighted by Crippen LogP contribution is -2.57. The summed E-state index contributed by atoms with van der Waals surface area (Å²) in [6.45, 7) is 5.68. The maximum Gasteiger partial charge on any atom is 0.248 e. The Hall–Kier alpha value is -0.650. The number of carbonyl (C=O) groups excluding carboxylic acids is 1. The fourth-order valence-electron chi connectivity index (χ4n) is 1.81. The van der Waals surface area contributed by atoms with Crippen LogP contribution in [0.15, 0.2) is 0 Å². The van der Waals surface area contributed by atoms with Gasteiger partial charge in [0.1, 0.15) is 6.61 Å². The minimum Gasteiger partial charge on any atom is -0.372 e. The molecule has 1 rings (SSSR count). The highest BCUT2D eigenvalue weighted by molar-refractivity contribution is 5.78. The lowest BCUT2D eigenvalue weighted by molar-refractivity contribution is -0.140. The fraction of sp³-hybridized carbons (Fsp3) is 0.900. The molecule has 0 aromatic rings. The molecule has 0 aromatic carbocycles. The zero-order valence-corrected chi connectivity index (χ0v) is 9.61. The first-order valence-corrected chi connectivity index (χ1v) is 5.44. The summed E-state index contributed by atoms with van der Waals surface area (Å²) >= 11 is 0. The number of hydrogen-bond donors (Lipinski definition) is 1. The summed E-state index contributed by atoms with van der Waals surface area (Å²) < 4.78 is 5.12. The molecule has 5 heteroatoms. The maximum absolute atomic E-state index is 11.8. The molecule has 0 aromatic heterocycles. The van der Waals surface area contributed by atoms with E-state index in [1.54, 1.807) is 0 Å². The number of rotatable bonds is 4. The standard InChI is InChI=1S/C10H21N3O2/c1-3-15-8-10(14)13-5-4-12(2)7-9(13)6-11/h9H,3-8,11H2,1-2H3. The highest BCUT2D eigenvalue weighted by Crippen LogP contribution is 2.07. The van der Waals surface area contributed by atoms with Crippen molar-refractivity contribution in [3.05, 3.63) is 0 Å². The third-order valence-electron chi connectivity index (χ3n) is 2.71. The van der Waals surface area contributed by atoms with Gasteiger partial charge in [0.2, 0.25) is 5.91 Å². The van der Waals surface area contributed by atoms with Crippen LogP contribution in [0, 0.1) is 0 Å². The van der Waals surface area contributed by atoms with Crippen molar-refractivity contribution in [2.24, 2.45) is 5.73 Å². The lowest BCUT2D eigenvalue weighted by Gasteiger charge is -2.39. The summed E-state index contributed by atoms with van der Waals surface area (Å²) in [5.41, 5.74) is 5.66. The van der Waals surface area contributed by atoms with E-state index in [4.69, 9.17) is 10.5 Å². The van der Waals surface area contributed by atoms with Crippen LogP contribution < -0.4 is 5.73 Å². The molecule has 0 radical (unpaired) electrons. The number of hydrogen-bond acceptors (Lipinski definition) is 4. The first-order valence-electron chi connectivity index (χ1n) is 5.44. The molecule has 1 saturated heterocycles. The van der Waals surface area contributed by atoms with Crippen LogP contribution in [-0.4, -0.2) is 68.2 Å². The predicted octanol–water partition coefficient (Wildman–Crippen LogP) is -0.876. The average Bonchev–Trinajstić information content (AvgIpc) is 2.25. The Kier molecular flexibility index (Phi) is 5.01. The molecule has 5 nitrogen and oxygen atoms in total. The van der Waals surface area contributed by atoms with E-state index in [9.17, 15) is 4.79 Å². The van der Waals surface area contributed by atoms with Crippen LogP contribution in [0.4, 0.5) is 0 Å². The first-order chi connectivity index (χ1) is 7.19. The first kappa shape index (κ1) is 12.4. The van der Waals surface area contributed by atoms with Gasteiger partial charge in [-0.2, -0.15) is 0 Å². The van der Waals surface area contributed by atoms with Gasteiger partial charge in [0.25, 0.3) is 0 Å². The van der Waals surface area contributed by atoms with Gasteiger partial charge in [-0.15, -0.1) is 0 Å². The summed E-state index contributed by atoms with van der Waals surface area (Å²) in [4.78, 5) is 15.8. The molecule has 0 spiro atoms. The van der Waals surface area contributed by atoms with Crippen molar-refractivity contribution in [3.63, 3.8) is 0 Å². The number of ether oxygens (including phenoxy) is 1. The Morgan fingerprint density at radius 1 is 1.53 bits per heavy atom. The number of nitrogens with zero attached hydrogens (tertiary/aromatic N) is 2. The van der Waals surface area contributed by atoms with Crippen molar-refractivity contribution in [1.82, 2.24) is 9.80 Å². The van der Waals surface area contributed by atoms with Gasteiger partial charge in [-0.25, -0.2) is 0 Å². The fourth-order valence-corrected chi connectivity index (χ4v) is 1.81. The minimum absolute atomic E-state index is 0.0559. The van der Waals surface area contributed by atoms with Crippen molar-refractivity contribution in [3.8, 4) is 0 Å². The van der Waals surface area contributed by atoms with Gasteiger partial charge in [-0.3, -0.25) is 4.79 Å².